The van der Waals surface area contributed by atoms with Gasteiger partial charge in [-0.15, -0.1) is 0 Å². The molecule has 0 fully saturated rings. The Kier molecular flexibility index (Phi) is 4.45. The van der Waals surface area contributed by atoms with Crippen molar-refractivity contribution < 1.29 is 15.0 Å². The Morgan fingerprint density at radius 3 is 2.70 bits per heavy atom. The first-order valence-electron chi connectivity index (χ1n) is 7.06. The van der Waals surface area contributed by atoms with E-state index in [1.54, 1.807) is 12.1 Å². The minimum atomic E-state index is -0.922. The third-order valence-corrected chi connectivity index (χ3v) is 3.81. The number of aromatic nitrogens is 1. The lowest BCUT2D eigenvalue weighted by Crippen LogP contribution is -2.07. The highest BCUT2D eigenvalue weighted by atomic mass is 16.4. The number of aromatic carboxylic acids is 1. The van der Waals surface area contributed by atoms with Crippen LogP contribution in [0.3, 0.4) is 0 Å². The molecule has 0 aliphatic heterocycles. The molecule has 2 N–H and O–H groups in total. The first-order valence-corrected chi connectivity index (χ1v) is 7.06. The molecule has 2 rings (SSSR count). The molecule has 2 aromatic rings. The zero-order valence-corrected chi connectivity index (χ0v) is 12.0. The second-order valence-corrected chi connectivity index (χ2v) is 5.05. The lowest BCUT2D eigenvalue weighted by molar-refractivity contribution is 0.0698. The number of aliphatic hydroxyl groups excluding tert-OH is 1. The van der Waals surface area contributed by atoms with Crippen molar-refractivity contribution >= 4 is 16.9 Å². The van der Waals surface area contributed by atoms with Crippen LogP contribution in [0, 0.1) is 6.92 Å². The highest BCUT2D eigenvalue weighted by Gasteiger charge is 2.18. The van der Waals surface area contributed by atoms with Crippen molar-refractivity contribution in [3.8, 4) is 0 Å². The van der Waals surface area contributed by atoms with E-state index in [2.05, 4.69) is 6.92 Å². The Balaban J connectivity index is 2.72. The molecule has 108 valence electrons. The first-order chi connectivity index (χ1) is 9.61. The quantitative estimate of drug-likeness (QED) is 0.852. The molecule has 0 aliphatic carbocycles. The summed E-state index contributed by atoms with van der Waals surface area (Å²) in [6.07, 6.45) is 3.13. The third-order valence-electron chi connectivity index (χ3n) is 3.81. The third kappa shape index (κ3) is 2.43. The minimum Gasteiger partial charge on any atom is -0.478 e. The Labute approximate surface area is 118 Å². The van der Waals surface area contributed by atoms with E-state index < -0.39 is 5.97 Å². The van der Waals surface area contributed by atoms with E-state index >= 15 is 0 Å². The van der Waals surface area contributed by atoms with Crippen molar-refractivity contribution in [1.82, 2.24) is 4.57 Å². The summed E-state index contributed by atoms with van der Waals surface area (Å²) >= 11 is 0. The number of benzene rings is 1. The number of hydrogen-bond donors (Lipinski definition) is 2. The average Bonchev–Trinajstić information content (AvgIpc) is 2.70. The maximum atomic E-state index is 11.4. The van der Waals surface area contributed by atoms with Gasteiger partial charge in [-0.05, 0) is 31.4 Å². The summed E-state index contributed by atoms with van der Waals surface area (Å²) in [7, 11) is 0. The molecular formula is C16H21NO3. The van der Waals surface area contributed by atoms with Gasteiger partial charge in [0.1, 0.15) is 0 Å². The Bertz CT molecular complexity index is 628. The number of nitrogens with zero attached hydrogens (tertiary/aromatic N) is 1. The van der Waals surface area contributed by atoms with Crippen molar-refractivity contribution in [1.29, 1.82) is 0 Å². The SMILES string of the molecule is CCCCc1c(C)n(CCO)c2c(C(=O)O)cccc12. The predicted molar refractivity (Wildman–Crippen MR) is 79.3 cm³/mol. The molecule has 1 heterocycles. The van der Waals surface area contributed by atoms with Crippen LogP contribution in [0.4, 0.5) is 0 Å². The molecule has 4 heteroatoms. The zero-order chi connectivity index (χ0) is 14.7. The highest BCUT2D eigenvalue weighted by Crippen LogP contribution is 2.30. The standard InChI is InChI=1S/C16H21NO3/c1-3-4-6-12-11(2)17(9-10-18)15-13(12)7-5-8-14(15)16(19)20/h5,7-8,18H,3-4,6,9-10H2,1-2H3,(H,19,20). The van der Waals surface area contributed by atoms with Gasteiger partial charge in [0.2, 0.25) is 0 Å². The van der Waals surface area contributed by atoms with Crippen molar-refractivity contribution in [2.24, 2.45) is 0 Å². The molecule has 1 aromatic heterocycles. The number of aliphatic hydroxyl groups is 1. The summed E-state index contributed by atoms with van der Waals surface area (Å²) < 4.78 is 1.93. The highest BCUT2D eigenvalue weighted by molar-refractivity contribution is 6.03. The predicted octanol–water partition coefficient (Wildman–Crippen LogP) is 2.98. The molecule has 0 unspecified atom stereocenters. The number of hydrogen-bond acceptors (Lipinski definition) is 2. The Morgan fingerprint density at radius 1 is 1.35 bits per heavy atom. The largest absolute Gasteiger partial charge is 0.478 e. The topological polar surface area (TPSA) is 62.5 Å². The number of carbonyl (C=O) groups is 1. The minimum absolute atomic E-state index is 0.00575. The van der Waals surface area contributed by atoms with Crippen LogP contribution >= 0.6 is 0 Å². The van der Waals surface area contributed by atoms with E-state index in [-0.39, 0.29) is 6.61 Å². The summed E-state index contributed by atoms with van der Waals surface area (Å²) in [5.74, 6) is -0.922. The van der Waals surface area contributed by atoms with Crippen LogP contribution < -0.4 is 0 Å². The molecule has 0 spiro atoms. The fraction of sp³-hybridized carbons (Fsp3) is 0.438. The van der Waals surface area contributed by atoms with Crippen molar-refractivity contribution in [2.45, 2.75) is 39.7 Å². The van der Waals surface area contributed by atoms with Crippen LogP contribution in [0.25, 0.3) is 10.9 Å². The molecule has 0 saturated heterocycles. The van der Waals surface area contributed by atoms with Crippen LogP contribution in [-0.2, 0) is 13.0 Å². The van der Waals surface area contributed by atoms with Gasteiger partial charge in [-0.25, -0.2) is 4.79 Å². The maximum absolute atomic E-state index is 11.4. The number of unbranched alkanes of at least 4 members (excludes halogenated alkanes) is 1. The molecule has 0 saturated carbocycles. The fourth-order valence-electron chi connectivity index (χ4n) is 2.82. The van der Waals surface area contributed by atoms with Crippen LogP contribution in [0.15, 0.2) is 18.2 Å². The number of fused-ring (bicyclic) bond motifs is 1. The fourth-order valence-corrected chi connectivity index (χ4v) is 2.82. The number of rotatable bonds is 6. The normalized spacial score (nSPS) is 11.2. The summed E-state index contributed by atoms with van der Waals surface area (Å²) in [5, 5.41) is 19.6. The molecule has 20 heavy (non-hydrogen) atoms. The van der Waals surface area contributed by atoms with Gasteiger partial charge in [0, 0.05) is 17.6 Å². The van der Waals surface area contributed by atoms with Crippen LogP contribution in [0.5, 0.6) is 0 Å². The molecule has 0 radical (unpaired) electrons. The number of carboxylic acids is 1. The van der Waals surface area contributed by atoms with Gasteiger partial charge in [-0.2, -0.15) is 0 Å². The summed E-state index contributed by atoms with van der Waals surface area (Å²) in [6.45, 7) is 4.59. The van der Waals surface area contributed by atoms with Crippen LogP contribution in [0.1, 0.15) is 41.4 Å². The second kappa shape index (κ2) is 6.09. The Hall–Kier alpha value is -1.81. The Morgan fingerprint density at radius 2 is 2.10 bits per heavy atom. The summed E-state index contributed by atoms with van der Waals surface area (Å²) in [6, 6.07) is 5.40. The zero-order valence-electron chi connectivity index (χ0n) is 12.0. The van der Waals surface area contributed by atoms with E-state index in [9.17, 15) is 15.0 Å². The molecule has 4 nitrogen and oxygen atoms in total. The smallest absolute Gasteiger partial charge is 0.337 e. The molecule has 0 atom stereocenters. The maximum Gasteiger partial charge on any atom is 0.337 e. The molecule has 0 bridgehead atoms. The van der Waals surface area contributed by atoms with Gasteiger partial charge in [-0.1, -0.05) is 25.5 Å². The lowest BCUT2D eigenvalue weighted by atomic mass is 10.0. The lowest BCUT2D eigenvalue weighted by Gasteiger charge is -2.08. The number of para-hydroxylation sites is 1. The average molecular weight is 275 g/mol. The van der Waals surface area contributed by atoms with Gasteiger partial charge in [0.15, 0.2) is 0 Å². The van der Waals surface area contributed by atoms with E-state index in [4.69, 9.17) is 0 Å². The van der Waals surface area contributed by atoms with Gasteiger partial charge < -0.3 is 14.8 Å². The van der Waals surface area contributed by atoms with Gasteiger partial charge in [-0.3, -0.25) is 0 Å². The van der Waals surface area contributed by atoms with Crippen molar-refractivity contribution in [3.63, 3.8) is 0 Å². The molecule has 1 aromatic carbocycles. The summed E-state index contributed by atoms with van der Waals surface area (Å²) in [4.78, 5) is 11.4. The second-order valence-electron chi connectivity index (χ2n) is 5.05. The van der Waals surface area contributed by atoms with E-state index in [1.807, 2.05) is 17.6 Å². The van der Waals surface area contributed by atoms with Crippen LogP contribution in [-0.4, -0.2) is 27.4 Å². The summed E-state index contributed by atoms with van der Waals surface area (Å²) in [5.41, 5.74) is 3.31. The van der Waals surface area contributed by atoms with Gasteiger partial charge in [0.05, 0.1) is 17.7 Å². The van der Waals surface area contributed by atoms with Gasteiger partial charge >= 0.3 is 5.97 Å². The van der Waals surface area contributed by atoms with E-state index in [1.165, 1.54) is 5.56 Å². The van der Waals surface area contributed by atoms with Crippen LogP contribution in [0.2, 0.25) is 0 Å². The number of aryl methyl sites for hydroxylation is 1. The van der Waals surface area contributed by atoms with E-state index in [0.29, 0.717) is 12.1 Å². The van der Waals surface area contributed by atoms with E-state index in [0.717, 1.165) is 35.9 Å². The molecule has 0 amide bonds. The van der Waals surface area contributed by atoms with Crippen molar-refractivity contribution in [2.75, 3.05) is 6.61 Å². The monoisotopic (exact) mass is 275 g/mol. The first kappa shape index (κ1) is 14.6. The number of carboxylic acid groups (broad SMARTS) is 1. The molecule has 0 aliphatic rings. The van der Waals surface area contributed by atoms with Gasteiger partial charge in [0.25, 0.3) is 0 Å². The molecular weight excluding hydrogens is 254 g/mol. The van der Waals surface area contributed by atoms with Crippen molar-refractivity contribution in [3.05, 3.63) is 35.0 Å².